The van der Waals surface area contributed by atoms with Crippen LogP contribution in [0.2, 0.25) is 0 Å². The minimum Gasteiger partial charge on any atom is -0.463 e. The van der Waals surface area contributed by atoms with Gasteiger partial charge in [-0.15, -0.1) is 0 Å². The van der Waals surface area contributed by atoms with Gasteiger partial charge in [0.15, 0.2) is 0 Å². The Morgan fingerprint density at radius 1 is 1.17 bits per heavy atom. The molecule has 2 atom stereocenters. The molecular formula is C26H39N5O4. The molecule has 2 N–H and O–H groups in total. The Morgan fingerprint density at radius 2 is 1.83 bits per heavy atom. The second-order valence-corrected chi connectivity index (χ2v) is 10.4. The number of hydrogen-bond acceptors (Lipinski definition) is 5. The first kappa shape index (κ1) is 26.5. The van der Waals surface area contributed by atoms with Crippen LogP contribution in [0.25, 0.3) is 0 Å². The van der Waals surface area contributed by atoms with Gasteiger partial charge >= 0.3 is 18.0 Å². The van der Waals surface area contributed by atoms with Gasteiger partial charge in [-0.3, -0.25) is 9.80 Å². The van der Waals surface area contributed by atoms with Crippen LogP contribution >= 0.6 is 0 Å². The summed E-state index contributed by atoms with van der Waals surface area (Å²) in [7, 11) is 1.67. The maximum Gasteiger partial charge on any atom is 0.338 e. The molecule has 9 nitrogen and oxygen atoms in total. The highest BCUT2D eigenvalue weighted by Gasteiger charge is 2.38. The maximum atomic E-state index is 13.2. The van der Waals surface area contributed by atoms with Gasteiger partial charge in [0, 0.05) is 50.5 Å². The largest absolute Gasteiger partial charge is 0.463 e. The summed E-state index contributed by atoms with van der Waals surface area (Å²) >= 11 is 0. The molecule has 192 valence electrons. The van der Waals surface area contributed by atoms with E-state index in [1.54, 1.807) is 14.0 Å². The van der Waals surface area contributed by atoms with Crippen molar-refractivity contribution in [2.75, 3.05) is 39.8 Å². The number of esters is 1. The lowest BCUT2D eigenvalue weighted by Gasteiger charge is -2.43. The zero-order valence-corrected chi connectivity index (χ0v) is 22.0. The molecule has 0 aliphatic carbocycles. The van der Waals surface area contributed by atoms with Crippen LogP contribution in [0.3, 0.4) is 0 Å². The average Bonchev–Trinajstić information content (AvgIpc) is 2.76. The minimum atomic E-state index is -0.593. The lowest BCUT2D eigenvalue weighted by atomic mass is 9.93. The van der Waals surface area contributed by atoms with Gasteiger partial charge in [-0.2, -0.15) is 0 Å². The highest BCUT2D eigenvalue weighted by atomic mass is 16.5. The number of amides is 4. The molecule has 0 bridgehead atoms. The van der Waals surface area contributed by atoms with Gasteiger partial charge in [-0.25, -0.2) is 14.4 Å². The number of rotatable bonds is 5. The highest BCUT2D eigenvalue weighted by molar-refractivity contribution is 5.95. The van der Waals surface area contributed by atoms with E-state index < -0.39 is 12.0 Å². The topological polar surface area (TPSA) is 94.2 Å². The molecule has 1 fully saturated rings. The molecule has 2 heterocycles. The van der Waals surface area contributed by atoms with E-state index in [-0.39, 0.29) is 30.2 Å². The summed E-state index contributed by atoms with van der Waals surface area (Å²) in [6.07, 6.45) is 0. The SMILES string of the molecule is CCOC(=O)C1=C(CN2CCN(C(=O)NC(C)(C)C)[C@@H](C)C2)N(C)C(=O)N[C@H]1c1ccc(C)cc1. The Morgan fingerprint density at radius 3 is 2.40 bits per heavy atom. The summed E-state index contributed by atoms with van der Waals surface area (Å²) in [4.78, 5) is 44.3. The predicted molar refractivity (Wildman–Crippen MR) is 135 cm³/mol. The highest BCUT2D eigenvalue weighted by Crippen LogP contribution is 2.32. The zero-order valence-electron chi connectivity index (χ0n) is 22.0. The smallest absolute Gasteiger partial charge is 0.338 e. The van der Waals surface area contributed by atoms with Crippen molar-refractivity contribution >= 4 is 18.0 Å². The number of benzene rings is 1. The van der Waals surface area contributed by atoms with Gasteiger partial charge in [0.2, 0.25) is 0 Å². The monoisotopic (exact) mass is 485 g/mol. The van der Waals surface area contributed by atoms with E-state index in [0.717, 1.165) is 11.1 Å². The van der Waals surface area contributed by atoms with E-state index in [1.165, 1.54) is 4.90 Å². The van der Waals surface area contributed by atoms with Gasteiger partial charge in [0.25, 0.3) is 0 Å². The van der Waals surface area contributed by atoms with E-state index in [9.17, 15) is 14.4 Å². The van der Waals surface area contributed by atoms with Gasteiger partial charge in [-0.1, -0.05) is 29.8 Å². The quantitative estimate of drug-likeness (QED) is 0.626. The number of urea groups is 2. The first-order chi connectivity index (χ1) is 16.4. The van der Waals surface area contributed by atoms with Crippen molar-refractivity contribution in [3.05, 3.63) is 46.7 Å². The Hall–Kier alpha value is -3.07. The molecule has 0 radical (unpaired) electrons. The number of likely N-dealkylation sites (N-methyl/N-ethyl adjacent to an activating group) is 1. The number of aryl methyl sites for hydroxylation is 1. The minimum absolute atomic E-state index is 0.0200. The molecule has 2 aliphatic heterocycles. The molecule has 0 unspecified atom stereocenters. The molecule has 3 rings (SSSR count). The third-order valence-electron chi connectivity index (χ3n) is 6.31. The van der Waals surface area contributed by atoms with Crippen LogP contribution in [0.15, 0.2) is 35.5 Å². The summed E-state index contributed by atoms with van der Waals surface area (Å²) in [6, 6.07) is 6.82. The molecule has 0 aromatic heterocycles. The van der Waals surface area contributed by atoms with Crippen LogP contribution in [0, 0.1) is 6.92 Å². The van der Waals surface area contributed by atoms with Crippen molar-refractivity contribution in [1.82, 2.24) is 25.3 Å². The number of carbonyl (C=O) groups is 3. The first-order valence-electron chi connectivity index (χ1n) is 12.2. The molecule has 4 amide bonds. The normalized spacial score (nSPS) is 21.6. The molecule has 0 spiro atoms. The molecule has 9 heteroatoms. The van der Waals surface area contributed by atoms with Crippen molar-refractivity contribution < 1.29 is 19.1 Å². The number of nitrogens with zero attached hydrogens (tertiary/aromatic N) is 3. The van der Waals surface area contributed by atoms with Crippen LogP contribution < -0.4 is 10.6 Å². The van der Waals surface area contributed by atoms with E-state index in [1.807, 2.05) is 63.8 Å². The van der Waals surface area contributed by atoms with Gasteiger partial charge in [0.05, 0.1) is 18.2 Å². The number of nitrogens with one attached hydrogen (secondary N) is 2. The molecule has 1 aromatic carbocycles. The van der Waals surface area contributed by atoms with Crippen LogP contribution in [-0.2, 0) is 9.53 Å². The summed E-state index contributed by atoms with van der Waals surface area (Å²) in [5.41, 5.74) is 2.68. The Labute approximate surface area is 208 Å². The van der Waals surface area contributed by atoms with Crippen molar-refractivity contribution in [1.29, 1.82) is 0 Å². The van der Waals surface area contributed by atoms with Crippen molar-refractivity contribution in [2.24, 2.45) is 0 Å². The fourth-order valence-corrected chi connectivity index (χ4v) is 4.49. The van der Waals surface area contributed by atoms with Gasteiger partial charge in [0.1, 0.15) is 0 Å². The molecule has 1 aromatic rings. The van der Waals surface area contributed by atoms with E-state index >= 15 is 0 Å². The molecule has 0 saturated carbocycles. The van der Waals surface area contributed by atoms with E-state index in [0.29, 0.717) is 37.4 Å². The summed E-state index contributed by atoms with van der Waals surface area (Å²) < 4.78 is 5.42. The van der Waals surface area contributed by atoms with Crippen molar-refractivity contribution in [3.63, 3.8) is 0 Å². The fourth-order valence-electron chi connectivity index (χ4n) is 4.49. The molecule has 2 aliphatic rings. The lowest BCUT2D eigenvalue weighted by molar-refractivity contribution is -0.139. The number of hydrogen-bond donors (Lipinski definition) is 2. The number of carbonyl (C=O) groups excluding carboxylic acids is 3. The van der Waals surface area contributed by atoms with Crippen LogP contribution in [0.1, 0.15) is 51.8 Å². The van der Waals surface area contributed by atoms with Crippen molar-refractivity contribution in [3.8, 4) is 0 Å². The standard InChI is InChI=1S/C26H39N5O4/c1-8-35-23(32)21-20(29(7)24(33)27-22(21)19-11-9-17(2)10-12-19)16-30-13-14-31(18(3)15-30)25(34)28-26(4,5)6/h9-12,18,22H,8,13-16H2,1-7H3,(H,27,33)(H,28,34)/t18-,22-/m0/s1. The van der Waals surface area contributed by atoms with Gasteiger partial charge < -0.3 is 20.3 Å². The molecule has 35 heavy (non-hydrogen) atoms. The zero-order chi connectivity index (χ0) is 25.9. The van der Waals surface area contributed by atoms with E-state index in [4.69, 9.17) is 4.74 Å². The maximum absolute atomic E-state index is 13.2. The van der Waals surface area contributed by atoms with Crippen LogP contribution in [0.5, 0.6) is 0 Å². The van der Waals surface area contributed by atoms with Crippen LogP contribution in [-0.4, -0.2) is 84.1 Å². The Bertz CT molecular complexity index is 982. The third kappa shape index (κ3) is 6.33. The van der Waals surface area contributed by atoms with Crippen LogP contribution in [0.4, 0.5) is 9.59 Å². The first-order valence-corrected chi connectivity index (χ1v) is 12.2. The second-order valence-electron chi connectivity index (χ2n) is 10.4. The summed E-state index contributed by atoms with van der Waals surface area (Å²) in [5.74, 6) is -0.434. The lowest BCUT2D eigenvalue weighted by Crippen LogP contribution is -2.59. The summed E-state index contributed by atoms with van der Waals surface area (Å²) in [5, 5.41) is 5.99. The molecule has 1 saturated heterocycles. The predicted octanol–water partition coefficient (Wildman–Crippen LogP) is 3.02. The summed E-state index contributed by atoms with van der Waals surface area (Å²) in [6.45, 7) is 14.1. The van der Waals surface area contributed by atoms with E-state index in [2.05, 4.69) is 15.5 Å². The average molecular weight is 486 g/mol. The second kappa shape index (κ2) is 10.7. The number of ether oxygens (including phenoxy) is 1. The Kier molecular flexibility index (Phi) is 8.10. The Balaban J connectivity index is 1.88. The van der Waals surface area contributed by atoms with Gasteiger partial charge in [-0.05, 0) is 47.1 Å². The number of piperazine rings is 1. The van der Waals surface area contributed by atoms with Crippen molar-refractivity contribution in [2.45, 2.75) is 59.2 Å². The molecular weight excluding hydrogens is 446 g/mol. The third-order valence-corrected chi connectivity index (χ3v) is 6.31. The fraction of sp³-hybridized carbons (Fsp3) is 0.577.